The van der Waals surface area contributed by atoms with Gasteiger partial charge in [0, 0.05) is 29.5 Å². The Morgan fingerprint density at radius 2 is 1.94 bits per heavy atom. The molecule has 35 heavy (non-hydrogen) atoms. The molecular formula is C27H38F2N2O3Si. The van der Waals surface area contributed by atoms with Crippen LogP contribution in [0.25, 0.3) is 11.1 Å². The van der Waals surface area contributed by atoms with Crippen LogP contribution in [-0.2, 0) is 20.5 Å². The summed E-state index contributed by atoms with van der Waals surface area (Å²) in [5.74, 6) is -0.601. The molecule has 4 rings (SSSR count). The van der Waals surface area contributed by atoms with Gasteiger partial charge in [-0.25, -0.2) is 13.8 Å². The number of pyridine rings is 1. The monoisotopic (exact) mass is 504 g/mol. The van der Waals surface area contributed by atoms with Gasteiger partial charge in [-0.15, -0.1) is 0 Å². The Morgan fingerprint density at radius 3 is 2.57 bits per heavy atom. The molecular weight excluding hydrogens is 466 g/mol. The number of hydrogen-bond acceptors (Lipinski definition) is 5. The van der Waals surface area contributed by atoms with Gasteiger partial charge in [0.25, 0.3) is 0 Å². The second-order valence-corrected chi connectivity index (χ2v) is 16.4. The van der Waals surface area contributed by atoms with Crippen molar-refractivity contribution in [1.82, 2.24) is 4.98 Å². The van der Waals surface area contributed by atoms with E-state index in [2.05, 4.69) is 38.8 Å². The summed E-state index contributed by atoms with van der Waals surface area (Å²) < 4.78 is 48.4. The van der Waals surface area contributed by atoms with Crippen LogP contribution in [0.2, 0.25) is 18.1 Å². The smallest absolute Gasteiger partial charge is 0.192 e. The van der Waals surface area contributed by atoms with Crippen LogP contribution in [0, 0.1) is 11.6 Å². The maximum absolute atomic E-state index is 15.4. The standard InChI is InChI=1S/C27H38F2N2O3Si/c1-26(2,3)35(5,6)33-16-19-10-9-11-21(24(19)29)20-14-22(28)25(30-15-20)31-17-27(4,18-31)34-23-12-7-8-13-32-23/h9-11,14-15,23H,7-8,12-13,16-18H2,1-6H3. The Labute approximate surface area is 208 Å². The van der Waals surface area contributed by atoms with E-state index in [0.29, 0.717) is 29.8 Å². The fourth-order valence-corrected chi connectivity index (χ4v) is 5.26. The van der Waals surface area contributed by atoms with Gasteiger partial charge in [0.2, 0.25) is 0 Å². The Kier molecular flexibility index (Phi) is 7.40. The predicted molar refractivity (Wildman–Crippen MR) is 137 cm³/mol. The van der Waals surface area contributed by atoms with E-state index in [1.807, 2.05) is 11.8 Å². The lowest BCUT2D eigenvalue weighted by molar-refractivity contribution is -0.226. The maximum atomic E-state index is 15.4. The SMILES string of the molecule is CC1(OC2CCCCO2)CN(c2ncc(-c3cccc(CO[Si](C)(C)C(C)(C)C)c3F)cc2F)C1. The van der Waals surface area contributed by atoms with Crippen molar-refractivity contribution in [2.24, 2.45) is 0 Å². The molecule has 2 aliphatic rings. The number of halogens is 2. The van der Waals surface area contributed by atoms with Gasteiger partial charge in [-0.3, -0.25) is 0 Å². The van der Waals surface area contributed by atoms with Crippen molar-refractivity contribution in [3.63, 3.8) is 0 Å². The number of nitrogens with zero attached hydrogens (tertiary/aromatic N) is 2. The molecule has 1 aromatic carbocycles. The molecule has 2 saturated heterocycles. The highest BCUT2D eigenvalue weighted by molar-refractivity contribution is 6.74. The zero-order chi connectivity index (χ0) is 25.4. The molecule has 0 bridgehead atoms. The van der Waals surface area contributed by atoms with Crippen molar-refractivity contribution in [1.29, 1.82) is 0 Å². The van der Waals surface area contributed by atoms with Crippen LogP contribution in [0.3, 0.4) is 0 Å². The minimum Gasteiger partial charge on any atom is -0.412 e. The first kappa shape index (κ1) is 26.2. The van der Waals surface area contributed by atoms with Crippen molar-refractivity contribution >= 4 is 14.1 Å². The van der Waals surface area contributed by atoms with Crippen molar-refractivity contribution in [2.45, 2.75) is 83.6 Å². The van der Waals surface area contributed by atoms with Crippen molar-refractivity contribution in [3.8, 4) is 11.1 Å². The zero-order valence-corrected chi connectivity index (χ0v) is 22.8. The third-order valence-corrected chi connectivity index (χ3v) is 12.0. The van der Waals surface area contributed by atoms with Crippen LogP contribution in [0.4, 0.5) is 14.6 Å². The molecule has 0 radical (unpaired) electrons. The first-order valence-corrected chi connectivity index (χ1v) is 15.4. The Bertz CT molecular complexity index is 1050. The minimum atomic E-state index is -2.02. The number of ether oxygens (including phenoxy) is 2. The van der Waals surface area contributed by atoms with Crippen LogP contribution >= 0.6 is 0 Å². The summed E-state index contributed by atoms with van der Waals surface area (Å²) in [5.41, 5.74) is 0.815. The van der Waals surface area contributed by atoms with E-state index in [1.54, 1.807) is 18.2 Å². The molecule has 192 valence electrons. The molecule has 5 nitrogen and oxygen atoms in total. The highest BCUT2D eigenvalue weighted by Crippen LogP contribution is 2.38. The van der Waals surface area contributed by atoms with E-state index in [-0.39, 0.29) is 29.4 Å². The molecule has 1 unspecified atom stereocenters. The van der Waals surface area contributed by atoms with Crippen molar-refractivity contribution in [2.75, 3.05) is 24.6 Å². The zero-order valence-electron chi connectivity index (χ0n) is 21.8. The normalized spacial score (nSPS) is 20.6. The minimum absolute atomic E-state index is 0.0331. The van der Waals surface area contributed by atoms with Crippen LogP contribution < -0.4 is 4.90 Å². The molecule has 0 N–H and O–H groups in total. The Morgan fingerprint density at radius 1 is 1.20 bits per heavy atom. The average molecular weight is 505 g/mol. The molecule has 0 spiro atoms. The quantitative estimate of drug-likeness (QED) is 0.394. The van der Waals surface area contributed by atoms with E-state index >= 15 is 8.78 Å². The maximum Gasteiger partial charge on any atom is 0.192 e. The van der Waals surface area contributed by atoms with Crippen molar-refractivity contribution < 1.29 is 22.7 Å². The topological polar surface area (TPSA) is 43.8 Å². The molecule has 1 aromatic heterocycles. The molecule has 0 aliphatic carbocycles. The van der Waals surface area contributed by atoms with Gasteiger partial charge in [-0.05, 0) is 50.4 Å². The van der Waals surface area contributed by atoms with E-state index in [9.17, 15) is 0 Å². The number of aromatic nitrogens is 1. The first-order valence-electron chi connectivity index (χ1n) is 12.5. The number of hydrogen-bond donors (Lipinski definition) is 0. The predicted octanol–water partition coefficient (Wildman–Crippen LogP) is 6.67. The second kappa shape index (κ2) is 9.88. The fourth-order valence-electron chi connectivity index (χ4n) is 4.31. The summed E-state index contributed by atoms with van der Waals surface area (Å²) in [6.07, 6.45) is 4.41. The van der Waals surface area contributed by atoms with Crippen LogP contribution in [0.1, 0.15) is 52.5 Å². The molecule has 8 heteroatoms. The van der Waals surface area contributed by atoms with Gasteiger partial charge in [-0.2, -0.15) is 0 Å². The summed E-state index contributed by atoms with van der Waals surface area (Å²) in [4.78, 5) is 6.20. The molecule has 0 saturated carbocycles. The average Bonchev–Trinajstić information content (AvgIpc) is 2.77. The molecule has 1 atom stereocenters. The molecule has 2 aromatic rings. The van der Waals surface area contributed by atoms with Crippen LogP contribution in [-0.4, -0.2) is 44.9 Å². The van der Waals surface area contributed by atoms with E-state index in [1.165, 1.54) is 12.3 Å². The second-order valence-electron chi connectivity index (χ2n) is 11.6. The van der Waals surface area contributed by atoms with Gasteiger partial charge in [0.1, 0.15) is 11.4 Å². The molecule has 0 amide bonds. The lowest BCUT2D eigenvalue weighted by Gasteiger charge is -2.49. The molecule has 3 heterocycles. The van der Waals surface area contributed by atoms with Crippen LogP contribution in [0.15, 0.2) is 30.5 Å². The first-order chi connectivity index (χ1) is 16.4. The number of benzene rings is 1. The lowest BCUT2D eigenvalue weighted by atomic mass is 9.95. The summed E-state index contributed by atoms with van der Waals surface area (Å²) in [6.45, 7) is 14.7. The fraction of sp³-hybridized carbons (Fsp3) is 0.593. The van der Waals surface area contributed by atoms with Crippen molar-refractivity contribution in [3.05, 3.63) is 47.7 Å². The number of rotatable bonds is 7. The summed E-state index contributed by atoms with van der Waals surface area (Å²) >= 11 is 0. The largest absolute Gasteiger partial charge is 0.412 e. The highest BCUT2D eigenvalue weighted by Gasteiger charge is 2.43. The van der Waals surface area contributed by atoms with E-state index in [4.69, 9.17) is 13.9 Å². The van der Waals surface area contributed by atoms with Gasteiger partial charge >= 0.3 is 0 Å². The number of anilines is 1. The van der Waals surface area contributed by atoms with Gasteiger partial charge in [0.05, 0.1) is 19.7 Å². The third-order valence-electron chi connectivity index (χ3n) is 7.51. The van der Waals surface area contributed by atoms with Gasteiger partial charge in [-0.1, -0.05) is 39.0 Å². The highest BCUT2D eigenvalue weighted by atomic mass is 28.4. The summed E-state index contributed by atoms with van der Waals surface area (Å²) in [6, 6.07) is 6.52. The third kappa shape index (κ3) is 5.76. The van der Waals surface area contributed by atoms with E-state index < -0.39 is 20.0 Å². The van der Waals surface area contributed by atoms with Gasteiger partial charge in [0.15, 0.2) is 26.2 Å². The summed E-state index contributed by atoms with van der Waals surface area (Å²) in [5, 5.41) is 0.0331. The van der Waals surface area contributed by atoms with Gasteiger partial charge < -0.3 is 18.8 Å². The Balaban J connectivity index is 1.44. The molecule has 2 fully saturated rings. The van der Waals surface area contributed by atoms with Crippen LogP contribution in [0.5, 0.6) is 0 Å². The van der Waals surface area contributed by atoms with E-state index in [0.717, 1.165) is 25.9 Å². The molecule has 2 aliphatic heterocycles. The Hall–Kier alpha value is -1.87. The summed E-state index contributed by atoms with van der Waals surface area (Å²) in [7, 11) is -2.02. The lowest BCUT2D eigenvalue weighted by Crippen LogP contribution is -2.63.